The molecular formula is C17H24N2O5S. The average Bonchev–Trinajstić information content (AvgIpc) is 2.74. The number of benzene rings is 1. The highest BCUT2D eigenvalue weighted by Crippen LogP contribution is 2.31. The third-order valence-corrected chi connectivity index (χ3v) is 5.75. The van der Waals surface area contributed by atoms with E-state index >= 15 is 0 Å². The van der Waals surface area contributed by atoms with Crippen molar-refractivity contribution in [2.24, 2.45) is 0 Å². The highest BCUT2D eigenvalue weighted by Gasteiger charge is 2.37. The number of carbonyl (C=O) groups is 1. The molecule has 0 spiro atoms. The van der Waals surface area contributed by atoms with E-state index in [4.69, 9.17) is 9.47 Å². The molecule has 1 amide bonds. The molecule has 7 nitrogen and oxygen atoms in total. The number of nitrogens with one attached hydrogen (secondary N) is 1. The van der Waals surface area contributed by atoms with Gasteiger partial charge in [0.15, 0.2) is 0 Å². The van der Waals surface area contributed by atoms with Crippen molar-refractivity contribution in [1.82, 2.24) is 9.62 Å². The van der Waals surface area contributed by atoms with Crippen LogP contribution in [0.25, 0.3) is 0 Å². The largest absolute Gasteiger partial charge is 0.487 e. The predicted molar refractivity (Wildman–Crippen MR) is 92.0 cm³/mol. The van der Waals surface area contributed by atoms with Crippen LogP contribution in [-0.4, -0.2) is 50.2 Å². The van der Waals surface area contributed by atoms with E-state index in [1.165, 1.54) is 6.07 Å². The lowest BCUT2D eigenvalue weighted by atomic mass is 10.1. The zero-order valence-electron chi connectivity index (χ0n) is 14.7. The lowest BCUT2D eigenvalue weighted by Gasteiger charge is -2.26. The Balaban J connectivity index is 1.78. The molecule has 1 N–H and O–H groups in total. The van der Waals surface area contributed by atoms with Gasteiger partial charge in [0.1, 0.15) is 22.4 Å². The highest BCUT2D eigenvalue weighted by molar-refractivity contribution is 7.89. The van der Waals surface area contributed by atoms with E-state index in [1.54, 1.807) is 23.1 Å². The van der Waals surface area contributed by atoms with Gasteiger partial charge in [-0.1, -0.05) is 12.1 Å². The highest BCUT2D eigenvalue weighted by atomic mass is 32.2. The van der Waals surface area contributed by atoms with E-state index in [9.17, 15) is 13.2 Å². The van der Waals surface area contributed by atoms with Crippen molar-refractivity contribution in [1.29, 1.82) is 0 Å². The summed E-state index contributed by atoms with van der Waals surface area (Å²) in [5.74, 6) is 0.355. The Kier molecular flexibility index (Phi) is 4.68. The molecule has 0 unspecified atom stereocenters. The fraction of sp³-hybridized carbons (Fsp3) is 0.588. The van der Waals surface area contributed by atoms with E-state index in [1.807, 2.05) is 20.8 Å². The molecule has 25 heavy (non-hydrogen) atoms. The molecule has 0 aliphatic carbocycles. The number of fused-ring (bicyclic) bond motifs is 2. The predicted octanol–water partition coefficient (Wildman–Crippen LogP) is 2.13. The minimum atomic E-state index is -3.64. The summed E-state index contributed by atoms with van der Waals surface area (Å²) < 4.78 is 39.3. The summed E-state index contributed by atoms with van der Waals surface area (Å²) in [6.07, 6.45) is 0.288. The van der Waals surface area contributed by atoms with Crippen molar-refractivity contribution >= 4 is 16.1 Å². The lowest BCUT2D eigenvalue weighted by molar-refractivity contribution is 0.0252. The van der Waals surface area contributed by atoms with Crippen molar-refractivity contribution < 1.29 is 22.7 Å². The third kappa shape index (κ3) is 4.07. The summed E-state index contributed by atoms with van der Waals surface area (Å²) in [6, 6.07) is 6.24. The van der Waals surface area contributed by atoms with Crippen LogP contribution in [0, 0.1) is 0 Å². The van der Waals surface area contributed by atoms with Crippen LogP contribution in [0.2, 0.25) is 0 Å². The number of sulfonamides is 1. The minimum Gasteiger partial charge on any atom is -0.487 e. The van der Waals surface area contributed by atoms with Gasteiger partial charge in [-0.25, -0.2) is 17.9 Å². The normalized spacial score (nSPS) is 25.6. The molecule has 2 heterocycles. The van der Waals surface area contributed by atoms with Crippen LogP contribution in [0.15, 0.2) is 29.2 Å². The van der Waals surface area contributed by atoms with Crippen LogP contribution < -0.4 is 9.46 Å². The summed E-state index contributed by atoms with van der Waals surface area (Å²) in [7, 11) is -3.64. The molecule has 3 rings (SSSR count). The fourth-order valence-electron chi connectivity index (χ4n) is 3.06. The van der Waals surface area contributed by atoms with E-state index in [-0.39, 0.29) is 23.1 Å². The van der Waals surface area contributed by atoms with Gasteiger partial charge in [-0.05, 0) is 39.3 Å². The second-order valence-electron chi connectivity index (χ2n) is 7.38. The minimum absolute atomic E-state index is 0.159. The second kappa shape index (κ2) is 6.49. The number of ether oxygens (including phenoxy) is 2. The fourth-order valence-corrected chi connectivity index (χ4v) is 4.49. The summed E-state index contributed by atoms with van der Waals surface area (Å²) in [5.41, 5.74) is -0.565. The number of carbonyl (C=O) groups excluding carboxylic acids is 1. The van der Waals surface area contributed by atoms with Gasteiger partial charge in [-0.2, -0.15) is 0 Å². The Morgan fingerprint density at radius 2 is 1.92 bits per heavy atom. The molecular weight excluding hydrogens is 344 g/mol. The van der Waals surface area contributed by atoms with E-state index in [2.05, 4.69) is 4.72 Å². The summed E-state index contributed by atoms with van der Waals surface area (Å²) in [6.45, 7) is 6.33. The van der Waals surface area contributed by atoms with E-state index < -0.39 is 15.6 Å². The van der Waals surface area contributed by atoms with Crippen LogP contribution >= 0.6 is 0 Å². The van der Waals surface area contributed by atoms with Gasteiger partial charge in [0.05, 0.1) is 6.04 Å². The smallest absolute Gasteiger partial charge is 0.410 e. The van der Waals surface area contributed by atoms with Gasteiger partial charge in [0, 0.05) is 19.5 Å². The molecule has 1 aromatic carbocycles. The maximum absolute atomic E-state index is 12.6. The SMILES string of the molecule is CC(C)(C)OC(=O)N1CC[C@@H]2NS(=O)(=O)c3ccccc3O[C@H]2CC1. The second-order valence-corrected chi connectivity index (χ2v) is 9.06. The Morgan fingerprint density at radius 3 is 2.64 bits per heavy atom. The Labute approximate surface area is 148 Å². The first kappa shape index (κ1) is 18.0. The molecule has 0 radical (unpaired) electrons. The number of hydrogen-bond acceptors (Lipinski definition) is 5. The van der Waals surface area contributed by atoms with Crippen LogP contribution in [-0.2, 0) is 14.8 Å². The number of rotatable bonds is 0. The van der Waals surface area contributed by atoms with E-state index in [0.717, 1.165) is 0 Å². The van der Waals surface area contributed by atoms with Gasteiger partial charge in [0.25, 0.3) is 0 Å². The molecule has 0 bridgehead atoms. The van der Waals surface area contributed by atoms with Gasteiger partial charge < -0.3 is 14.4 Å². The quantitative estimate of drug-likeness (QED) is 0.758. The summed E-state index contributed by atoms with van der Waals surface area (Å²) in [4.78, 5) is 14.1. The zero-order valence-corrected chi connectivity index (χ0v) is 15.5. The summed E-state index contributed by atoms with van der Waals surface area (Å²) in [5, 5.41) is 0. The molecule has 2 aliphatic rings. The number of para-hydroxylation sites is 1. The number of hydrogen-bond donors (Lipinski definition) is 1. The molecule has 0 aromatic heterocycles. The average molecular weight is 368 g/mol. The van der Waals surface area contributed by atoms with Gasteiger partial charge in [-0.15, -0.1) is 0 Å². The lowest BCUT2D eigenvalue weighted by Crippen LogP contribution is -2.43. The van der Waals surface area contributed by atoms with Gasteiger partial charge in [0.2, 0.25) is 10.0 Å². The van der Waals surface area contributed by atoms with Crippen LogP contribution in [0.5, 0.6) is 5.75 Å². The molecule has 1 fully saturated rings. The first-order valence-electron chi connectivity index (χ1n) is 8.42. The van der Waals surface area contributed by atoms with Crippen LogP contribution in [0.4, 0.5) is 4.79 Å². The number of amides is 1. The maximum Gasteiger partial charge on any atom is 0.410 e. The molecule has 2 atom stereocenters. The Morgan fingerprint density at radius 1 is 1.24 bits per heavy atom. The Hall–Kier alpha value is -1.80. The topological polar surface area (TPSA) is 84.9 Å². The molecule has 8 heteroatoms. The van der Waals surface area contributed by atoms with Crippen LogP contribution in [0.3, 0.4) is 0 Å². The van der Waals surface area contributed by atoms with Crippen molar-refractivity contribution in [2.45, 2.75) is 56.3 Å². The maximum atomic E-state index is 12.6. The standard InChI is InChI=1S/C17H24N2O5S/c1-17(2,3)24-16(20)19-10-8-12-13(9-11-19)23-14-6-4-5-7-15(14)25(21,22)18-12/h4-7,12-13,18H,8-11H2,1-3H3/t12-,13-/m0/s1. The van der Waals surface area contributed by atoms with Gasteiger partial charge in [-0.3, -0.25) is 0 Å². The monoisotopic (exact) mass is 368 g/mol. The summed E-state index contributed by atoms with van der Waals surface area (Å²) >= 11 is 0. The molecule has 138 valence electrons. The van der Waals surface area contributed by atoms with Crippen LogP contribution in [0.1, 0.15) is 33.6 Å². The molecule has 0 saturated carbocycles. The zero-order chi connectivity index (χ0) is 18.2. The van der Waals surface area contributed by atoms with Crippen molar-refractivity contribution in [3.8, 4) is 5.75 Å². The van der Waals surface area contributed by atoms with Crippen molar-refractivity contribution in [2.75, 3.05) is 13.1 Å². The van der Waals surface area contributed by atoms with Crippen molar-refractivity contribution in [3.05, 3.63) is 24.3 Å². The Bertz CT molecular complexity index is 757. The molecule has 2 aliphatic heterocycles. The first-order chi connectivity index (χ1) is 11.7. The number of likely N-dealkylation sites (tertiary alicyclic amines) is 1. The number of nitrogens with zero attached hydrogens (tertiary/aromatic N) is 1. The molecule has 1 saturated heterocycles. The third-order valence-electron chi connectivity index (χ3n) is 4.22. The first-order valence-corrected chi connectivity index (χ1v) is 9.90. The van der Waals surface area contributed by atoms with Crippen molar-refractivity contribution in [3.63, 3.8) is 0 Å². The van der Waals surface area contributed by atoms with Gasteiger partial charge >= 0.3 is 6.09 Å². The molecule has 1 aromatic rings. The van der Waals surface area contributed by atoms with E-state index in [0.29, 0.717) is 31.7 Å².